The molecule has 5 heteroatoms. The molecule has 0 fully saturated rings. The van der Waals surface area contributed by atoms with E-state index in [1.54, 1.807) is 6.07 Å². The molecule has 0 saturated heterocycles. The van der Waals surface area contributed by atoms with Gasteiger partial charge in [-0.15, -0.1) is 0 Å². The van der Waals surface area contributed by atoms with Crippen LogP contribution in [0, 0.1) is 5.92 Å². The third-order valence-electron chi connectivity index (χ3n) is 4.90. The number of aliphatic hydroxyl groups excluding tert-OH is 1. The van der Waals surface area contributed by atoms with Gasteiger partial charge in [0.25, 0.3) is 0 Å². The maximum atomic E-state index is 12.2. The quantitative estimate of drug-likeness (QED) is 0.642. The molecule has 1 aromatic heterocycles. The van der Waals surface area contributed by atoms with Gasteiger partial charge in [0.15, 0.2) is 5.58 Å². The summed E-state index contributed by atoms with van der Waals surface area (Å²) in [6.45, 7) is 12.0. The molecule has 3 rings (SSSR count). The molecule has 0 amide bonds. The van der Waals surface area contributed by atoms with Crippen molar-refractivity contribution in [1.29, 1.82) is 0 Å². The van der Waals surface area contributed by atoms with Crippen molar-refractivity contribution in [1.82, 2.24) is 0 Å². The van der Waals surface area contributed by atoms with E-state index in [2.05, 4.69) is 13.5 Å². The molecule has 1 aromatic carbocycles. The van der Waals surface area contributed by atoms with Crippen molar-refractivity contribution in [3.05, 3.63) is 45.8 Å². The molecule has 2 aromatic rings. The first-order valence-electron chi connectivity index (χ1n) is 9.09. The van der Waals surface area contributed by atoms with Gasteiger partial charge < -0.3 is 19.0 Å². The van der Waals surface area contributed by atoms with E-state index in [0.29, 0.717) is 35.7 Å². The zero-order chi connectivity index (χ0) is 19.0. The minimum atomic E-state index is -0.772. The third kappa shape index (κ3) is 3.23. The van der Waals surface area contributed by atoms with Crippen LogP contribution in [0.1, 0.15) is 51.3 Å². The zero-order valence-corrected chi connectivity index (χ0v) is 15.8. The SMILES string of the molecule is C=C(C)COc1cc2c(c3oc(=O)cc(CCC)c13)[C@@H](O)[C@@H](C)[C@@H](C)O2. The average Bonchev–Trinajstić information content (AvgIpc) is 2.57. The van der Waals surface area contributed by atoms with Gasteiger partial charge in [-0.25, -0.2) is 4.79 Å². The molecule has 0 radical (unpaired) electrons. The van der Waals surface area contributed by atoms with Crippen LogP contribution >= 0.6 is 0 Å². The van der Waals surface area contributed by atoms with Crippen LogP contribution in [0.15, 0.2) is 33.5 Å². The van der Waals surface area contributed by atoms with Gasteiger partial charge in [-0.2, -0.15) is 0 Å². The second-order valence-corrected chi connectivity index (χ2v) is 7.20. The summed E-state index contributed by atoms with van der Waals surface area (Å²) in [6, 6.07) is 3.30. The van der Waals surface area contributed by atoms with Crippen LogP contribution in [0.2, 0.25) is 0 Å². The Hall–Kier alpha value is -2.27. The summed E-state index contributed by atoms with van der Waals surface area (Å²) < 4.78 is 17.5. The van der Waals surface area contributed by atoms with Crippen LogP contribution < -0.4 is 15.1 Å². The van der Waals surface area contributed by atoms with E-state index in [0.717, 1.165) is 22.9 Å². The Bertz CT molecular complexity index is 895. The van der Waals surface area contributed by atoms with Crippen LogP contribution in [-0.2, 0) is 6.42 Å². The lowest BCUT2D eigenvalue weighted by Gasteiger charge is -2.34. The molecule has 26 heavy (non-hydrogen) atoms. The van der Waals surface area contributed by atoms with Crippen molar-refractivity contribution in [2.24, 2.45) is 5.92 Å². The average molecular weight is 358 g/mol. The Morgan fingerprint density at radius 3 is 2.73 bits per heavy atom. The molecule has 3 atom stereocenters. The Balaban J connectivity index is 2.32. The maximum absolute atomic E-state index is 12.2. The van der Waals surface area contributed by atoms with Crippen LogP contribution in [0.5, 0.6) is 11.5 Å². The van der Waals surface area contributed by atoms with Crippen molar-refractivity contribution in [2.75, 3.05) is 6.61 Å². The Morgan fingerprint density at radius 1 is 1.35 bits per heavy atom. The lowest BCUT2D eigenvalue weighted by Crippen LogP contribution is -2.32. The van der Waals surface area contributed by atoms with Gasteiger partial charge in [-0.1, -0.05) is 26.8 Å². The molecule has 2 heterocycles. The minimum absolute atomic E-state index is 0.118. The van der Waals surface area contributed by atoms with E-state index in [4.69, 9.17) is 13.9 Å². The van der Waals surface area contributed by atoms with Crippen molar-refractivity contribution in [2.45, 2.75) is 52.7 Å². The van der Waals surface area contributed by atoms with Crippen molar-refractivity contribution in [3.8, 4) is 11.5 Å². The third-order valence-corrected chi connectivity index (χ3v) is 4.90. The standard InChI is InChI=1S/C21H26O5/c1-6-7-14-8-17(22)26-21-18(14)15(24-10-11(2)3)9-16-19(21)20(23)12(4)13(5)25-16/h8-9,12-13,20,23H,2,6-7,10H2,1,3-5H3/t12-,13+,20-/m0/s1. The predicted molar refractivity (Wildman–Crippen MR) is 101 cm³/mol. The number of aryl methyl sites for hydroxylation is 1. The van der Waals surface area contributed by atoms with Gasteiger partial charge in [-0.3, -0.25) is 0 Å². The molecule has 0 saturated carbocycles. The fourth-order valence-electron chi connectivity index (χ4n) is 3.37. The highest BCUT2D eigenvalue weighted by molar-refractivity contribution is 5.91. The van der Waals surface area contributed by atoms with Gasteiger partial charge in [0.2, 0.25) is 0 Å². The van der Waals surface area contributed by atoms with Gasteiger partial charge in [-0.05, 0) is 31.4 Å². The van der Waals surface area contributed by atoms with Crippen molar-refractivity contribution >= 4 is 11.0 Å². The summed E-state index contributed by atoms with van der Waals surface area (Å²) in [5.41, 5.74) is 2.20. The molecule has 5 nitrogen and oxygen atoms in total. The Morgan fingerprint density at radius 2 is 2.08 bits per heavy atom. The van der Waals surface area contributed by atoms with E-state index in [1.807, 2.05) is 20.8 Å². The highest BCUT2D eigenvalue weighted by atomic mass is 16.5. The van der Waals surface area contributed by atoms with E-state index < -0.39 is 11.7 Å². The number of hydrogen-bond donors (Lipinski definition) is 1. The first-order chi connectivity index (χ1) is 12.3. The molecular formula is C21H26O5. The van der Waals surface area contributed by atoms with Crippen LogP contribution in [0.4, 0.5) is 0 Å². The molecule has 1 aliphatic rings. The number of ether oxygens (including phenoxy) is 2. The van der Waals surface area contributed by atoms with Gasteiger partial charge >= 0.3 is 5.63 Å². The normalized spacial score (nSPS) is 22.0. The lowest BCUT2D eigenvalue weighted by atomic mass is 9.88. The number of benzene rings is 1. The first kappa shape index (κ1) is 18.5. The van der Waals surface area contributed by atoms with Gasteiger partial charge in [0.05, 0.1) is 17.1 Å². The lowest BCUT2D eigenvalue weighted by molar-refractivity contribution is 0.0178. The maximum Gasteiger partial charge on any atom is 0.336 e. The molecule has 0 spiro atoms. The summed E-state index contributed by atoms with van der Waals surface area (Å²) in [6.07, 6.45) is 0.663. The number of hydrogen-bond acceptors (Lipinski definition) is 5. The number of rotatable bonds is 5. The second kappa shape index (κ2) is 7.16. The zero-order valence-electron chi connectivity index (χ0n) is 15.8. The van der Waals surface area contributed by atoms with E-state index >= 15 is 0 Å². The topological polar surface area (TPSA) is 68.9 Å². The minimum Gasteiger partial charge on any atom is -0.490 e. The van der Waals surface area contributed by atoms with E-state index in [-0.39, 0.29) is 12.0 Å². The molecule has 1 aliphatic heterocycles. The molecule has 0 bridgehead atoms. The summed E-state index contributed by atoms with van der Waals surface area (Å²) in [7, 11) is 0. The number of fused-ring (bicyclic) bond motifs is 3. The molecule has 0 unspecified atom stereocenters. The summed E-state index contributed by atoms with van der Waals surface area (Å²) in [5.74, 6) is 0.972. The van der Waals surface area contributed by atoms with Crippen LogP contribution in [0.3, 0.4) is 0 Å². The summed E-state index contributed by atoms with van der Waals surface area (Å²) in [5, 5.41) is 11.6. The van der Waals surface area contributed by atoms with E-state index in [1.165, 1.54) is 6.07 Å². The van der Waals surface area contributed by atoms with Gasteiger partial charge in [0.1, 0.15) is 24.2 Å². The molecular weight excluding hydrogens is 332 g/mol. The number of aliphatic hydroxyl groups is 1. The van der Waals surface area contributed by atoms with Gasteiger partial charge in [0, 0.05) is 18.1 Å². The highest BCUT2D eigenvalue weighted by Gasteiger charge is 2.35. The highest BCUT2D eigenvalue weighted by Crippen LogP contribution is 2.46. The first-order valence-corrected chi connectivity index (χ1v) is 9.09. The molecule has 0 aliphatic carbocycles. The fourth-order valence-corrected chi connectivity index (χ4v) is 3.37. The monoisotopic (exact) mass is 358 g/mol. The fraction of sp³-hybridized carbons (Fsp3) is 0.476. The second-order valence-electron chi connectivity index (χ2n) is 7.20. The summed E-state index contributed by atoms with van der Waals surface area (Å²) >= 11 is 0. The van der Waals surface area contributed by atoms with Crippen molar-refractivity contribution < 1.29 is 19.0 Å². The Labute approximate surface area is 153 Å². The molecule has 1 N–H and O–H groups in total. The van der Waals surface area contributed by atoms with Crippen molar-refractivity contribution in [3.63, 3.8) is 0 Å². The predicted octanol–water partition coefficient (Wildman–Crippen LogP) is 4.15. The smallest absolute Gasteiger partial charge is 0.336 e. The summed E-state index contributed by atoms with van der Waals surface area (Å²) in [4.78, 5) is 12.2. The van der Waals surface area contributed by atoms with Crippen LogP contribution in [0.25, 0.3) is 11.0 Å². The largest absolute Gasteiger partial charge is 0.490 e. The Kier molecular flexibility index (Phi) is 5.10. The molecule has 140 valence electrons. The van der Waals surface area contributed by atoms with E-state index in [9.17, 15) is 9.90 Å². The van der Waals surface area contributed by atoms with Crippen LogP contribution in [-0.4, -0.2) is 17.8 Å².